The number of hydrogen-bond donors (Lipinski definition) is 2. The van der Waals surface area contributed by atoms with E-state index in [0.717, 1.165) is 21.6 Å². The molecule has 0 aliphatic carbocycles. The van der Waals surface area contributed by atoms with Gasteiger partial charge in [-0.3, -0.25) is 14.4 Å². The van der Waals surface area contributed by atoms with Crippen LogP contribution in [0, 0.1) is 6.92 Å². The molecule has 0 bridgehead atoms. The van der Waals surface area contributed by atoms with Crippen molar-refractivity contribution in [2.75, 3.05) is 15.5 Å². The van der Waals surface area contributed by atoms with Crippen molar-refractivity contribution in [3.63, 3.8) is 0 Å². The molecule has 0 unspecified atom stereocenters. The molecular weight excluding hydrogens is 561 g/mol. The normalized spacial score (nSPS) is 13.0. The minimum absolute atomic E-state index is 0.0324. The largest absolute Gasteiger partial charge is 0.489 e. The second-order valence-corrected chi connectivity index (χ2v) is 10.2. The highest BCUT2D eigenvalue weighted by Crippen LogP contribution is 2.32. The average Bonchev–Trinajstić information content (AvgIpc) is 3.18. The second-order valence-electron chi connectivity index (χ2n) is 9.41. The first-order valence-electron chi connectivity index (χ1n) is 12.8. The van der Waals surface area contributed by atoms with Crippen LogP contribution in [0.1, 0.15) is 16.7 Å². The van der Waals surface area contributed by atoms with E-state index in [1.54, 1.807) is 54.6 Å². The molecule has 2 N–H and O–H groups in total. The van der Waals surface area contributed by atoms with E-state index in [1.165, 1.54) is 0 Å². The Bertz CT molecular complexity index is 1640. The lowest BCUT2D eigenvalue weighted by atomic mass is 10.1. The van der Waals surface area contributed by atoms with Crippen LogP contribution >= 0.6 is 23.2 Å². The van der Waals surface area contributed by atoms with Crippen LogP contribution in [0.15, 0.2) is 108 Å². The van der Waals surface area contributed by atoms with Crippen LogP contribution in [-0.4, -0.2) is 17.7 Å². The molecule has 0 saturated heterocycles. The first-order chi connectivity index (χ1) is 19.8. The van der Waals surface area contributed by atoms with Gasteiger partial charge in [0.05, 0.1) is 12.1 Å². The molecule has 206 valence electrons. The number of amides is 3. The van der Waals surface area contributed by atoms with Crippen molar-refractivity contribution >= 4 is 58.0 Å². The molecule has 1 aliphatic rings. The summed E-state index contributed by atoms with van der Waals surface area (Å²) in [7, 11) is 0. The summed E-state index contributed by atoms with van der Waals surface area (Å²) in [4.78, 5) is 39.3. The van der Waals surface area contributed by atoms with Gasteiger partial charge in [-0.1, -0.05) is 71.7 Å². The third-order valence-corrected chi connectivity index (χ3v) is 7.17. The SMILES string of the molecule is Cc1ccc(N2C(=O)C(Cl)=C(Nc3ccc(CC(=O)Nc4ccc(OCc5ccccc5)cc4)cc3)C2=O)cc1Cl. The van der Waals surface area contributed by atoms with Gasteiger partial charge in [0.25, 0.3) is 11.8 Å². The van der Waals surface area contributed by atoms with Gasteiger partial charge < -0.3 is 15.4 Å². The lowest BCUT2D eigenvalue weighted by molar-refractivity contribution is -0.120. The van der Waals surface area contributed by atoms with E-state index in [2.05, 4.69) is 10.6 Å². The fourth-order valence-corrected chi connectivity index (χ4v) is 4.57. The maximum Gasteiger partial charge on any atom is 0.283 e. The van der Waals surface area contributed by atoms with Gasteiger partial charge in [0, 0.05) is 16.4 Å². The lowest BCUT2D eigenvalue weighted by Gasteiger charge is -2.16. The zero-order valence-corrected chi connectivity index (χ0v) is 23.5. The molecule has 1 aliphatic heterocycles. The second kappa shape index (κ2) is 12.3. The Kier molecular flexibility index (Phi) is 8.38. The van der Waals surface area contributed by atoms with Gasteiger partial charge in [-0.25, -0.2) is 4.90 Å². The molecule has 0 radical (unpaired) electrons. The van der Waals surface area contributed by atoms with Crippen molar-refractivity contribution in [3.05, 3.63) is 130 Å². The highest BCUT2D eigenvalue weighted by Gasteiger charge is 2.39. The van der Waals surface area contributed by atoms with Gasteiger partial charge in [-0.05, 0) is 72.1 Å². The topological polar surface area (TPSA) is 87.7 Å². The molecule has 0 aromatic heterocycles. The number of hydrogen-bond acceptors (Lipinski definition) is 5. The number of halogens is 2. The van der Waals surface area contributed by atoms with Crippen molar-refractivity contribution in [1.82, 2.24) is 0 Å². The Balaban J connectivity index is 1.15. The zero-order valence-electron chi connectivity index (χ0n) is 22.0. The van der Waals surface area contributed by atoms with Crippen molar-refractivity contribution in [1.29, 1.82) is 0 Å². The minimum atomic E-state index is -0.636. The number of carbonyl (C=O) groups excluding carboxylic acids is 3. The average molecular weight is 586 g/mol. The van der Waals surface area contributed by atoms with Crippen LogP contribution in [0.3, 0.4) is 0 Å². The van der Waals surface area contributed by atoms with Crippen LogP contribution in [0.25, 0.3) is 0 Å². The Labute approximate surface area is 247 Å². The summed E-state index contributed by atoms with van der Waals surface area (Å²) in [6.45, 7) is 2.29. The smallest absolute Gasteiger partial charge is 0.283 e. The van der Waals surface area contributed by atoms with E-state index in [4.69, 9.17) is 27.9 Å². The standard InChI is InChI=1S/C32H25Cl2N3O4/c1-20-7-14-25(18-27(20)33)37-31(39)29(34)30(32(37)40)36-24-10-8-21(9-11-24)17-28(38)35-23-12-15-26(16-13-23)41-19-22-5-3-2-4-6-22/h2-16,18,36H,17,19H2,1H3,(H,35,38). The van der Waals surface area contributed by atoms with Crippen LogP contribution in [0.4, 0.5) is 17.1 Å². The molecule has 1 heterocycles. The van der Waals surface area contributed by atoms with Gasteiger partial charge in [-0.2, -0.15) is 0 Å². The Morgan fingerprint density at radius 2 is 1.49 bits per heavy atom. The predicted molar refractivity (Wildman–Crippen MR) is 161 cm³/mol. The number of carbonyl (C=O) groups is 3. The van der Waals surface area contributed by atoms with Crippen LogP contribution in [0.5, 0.6) is 5.75 Å². The van der Waals surface area contributed by atoms with Crippen LogP contribution in [0.2, 0.25) is 5.02 Å². The summed E-state index contributed by atoms with van der Waals surface area (Å²) < 4.78 is 5.78. The number of aryl methyl sites for hydroxylation is 1. The summed E-state index contributed by atoms with van der Waals surface area (Å²) in [5, 5.41) is 6.03. The number of ether oxygens (including phenoxy) is 1. The molecule has 0 spiro atoms. The van der Waals surface area contributed by atoms with E-state index in [1.807, 2.05) is 49.4 Å². The monoisotopic (exact) mass is 585 g/mol. The Morgan fingerprint density at radius 1 is 0.805 bits per heavy atom. The molecule has 7 nitrogen and oxygen atoms in total. The molecule has 4 aromatic carbocycles. The van der Waals surface area contributed by atoms with E-state index in [0.29, 0.717) is 34.4 Å². The van der Waals surface area contributed by atoms with Gasteiger partial charge in [0.1, 0.15) is 23.1 Å². The maximum atomic E-state index is 13.0. The Hall–Kier alpha value is -4.59. The third kappa shape index (κ3) is 6.60. The predicted octanol–water partition coefficient (Wildman–Crippen LogP) is 6.84. The van der Waals surface area contributed by atoms with Crippen molar-refractivity contribution in [2.24, 2.45) is 0 Å². The number of rotatable bonds is 9. The van der Waals surface area contributed by atoms with Gasteiger partial charge in [0.15, 0.2) is 0 Å². The molecule has 0 saturated carbocycles. The highest BCUT2D eigenvalue weighted by atomic mass is 35.5. The summed E-state index contributed by atoms with van der Waals surface area (Å²) in [5.41, 5.74) is 4.16. The molecular formula is C32H25Cl2N3O4. The van der Waals surface area contributed by atoms with Gasteiger partial charge in [0.2, 0.25) is 5.91 Å². The van der Waals surface area contributed by atoms with E-state index in [-0.39, 0.29) is 23.1 Å². The number of nitrogens with one attached hydrogen (secondary N) is 2. The number of imide groups is 1. The highest BCUT2D eigenvalue weighted by molar-refractivity contribution is 6.53. The summed E-state index contributed by atoms with van der Waals surface area (Å²) in [5.74, 6) is -0.695. The number of benzene rings is 4. The van der Waals surface area contributed by atoms with Crippen LogP contribution in [-0.2, 0) is 27.4 Å². The first-order valence-corrected chi connectivity index (χ1v) is 13.5. The quantitative estimate of drug-likeness (QED) is 0.210. The minimum Gasteiger partial charge on any atom is -0.489 e. The van der Waals surface area contributed by atoms with Crippen LogP contribution < -0.4 is 20.3 Å². The van der Waals surface area contributed by atoms with Gasteiger partial charge >= 0.3 is 0 Å². The number of anilines is 3. The zero-order chi connectivity index (χ0) is 28.9. The fourth-order valence-electron chi connectivity index (χ4n) is 4.18. The molecule has 4 aromatic rings. The lowest BCUT2D eigenvalue weighted by Crippen LogP contribution is -2.32. The first kappa shape index (κ1) is 28.0. The van der Waals surface area contributed by atoms with E-state index < -0.39 is 11.8 Å². The van der Waals surface area contributed by atoms with Gasteiger partial charge in [-0.15, -0.1) is 0 Å². The maximum absolute atomic E-state index is 13.0. The number of nitrogens with zero attached hydrogens (tertiary/aromatic N) is 1. The molecule has 0 fully saturated rings. The molecule has 5 rings (SSSR count). The Morgan fingerprint density at radius 3 is 2.17 bits per heavy atom. The fraction of sp³-hybridized carbons (Fsp3) is 0.0938. The molecule has 3 amide bonds. The summed E-state index contributed by atoms with van der Waals surface area (Å²) in [6.07, 6.45) is 0.148. The molecule has 41 heavy (non-hydrogen) atoms. The van der Waals surface area contributed by atoms with E-state index >= 15 is 0 Å². The van der Waals surface area contributed by atoms with Crippen molar-refractivity contribution in [3.8, 4) is 5.75 Å². The van der Waals surface area contributed by atoms with Crippen molar-refractivity contribution in [2.45, 2.75) is 20.0 Å². The molecule has 9 heteroatoms. The van der Waals surface area contributed by atoms with Crippen molar-refractivity contribution < 1.29 is 19.1 Å². The summed E-state index contributed by atoms with van der Waals surface area (Å²) >= 11 is 12.4. The molecule has 0 atom stereocenters. The third-order valence-electron chi connectivity index (χ3n) is 6.42. The van der Waals surface area contributed by atoms with E-state index in [9.17, 15) is 14.4 Å². The summed E-state index contributed by atoms with van der Waals surface area (Å²) in [6, 6.07) is 28.9.